The minimum absolute atomic E-state index is 0.225. The van der Waals surface area contributed by atoms with Gasteiger partial charge in [-0.25, -0.2) is 9.18 Å². The topological polar surface area (TPSA) is 59.6 Å². The van der Waals surface area contributed by atoms with Crippen molar-refractivity contribution in [3.8, 4) is 5.75 Å². The lowest BCUT2D eigenvalue weighted by Gasteiger charge is -2.22. The zero-order valence-electron chi connectivity index (χ0n) is 16.9. The van der Waals surface area contributed by atoms with Crippen LogP contribution in [-0.2, 0) is 11.2 Å². The molecule has 3 atom stereocenters. The molecule has 2 unspecified atom stereocenters. The van der Waals surface area contributed by atoms with Crippen LogP contribution in [0.3, 0.4) is 0 Å². The summed E-state index contributed by atoms with van der Waals surface area (Å²) in [5, 5.41) is 3.37. The smallest absolute Gasteiger partial charge is 0.343 e. The minimum atomic E-state index is -0.412. The van der Waals surface area contributed by atoms with Crippen molar-refractivity contribution in [3.63, 3.8) is 0 Å². The Balaban J connectivity index is 1.41. The second-order valence-electron chi connectivity index (χ2n) is 8.33. The Labute approximate surface area is 179 Å². The number of hydrogen-bond acceptors (Lipinski definition) is 6. The third-order valence-corrected chi connectivity index (χ3v) is 7.25. The van der Waals surface area contributed by atoms with Gasteiger partial charge in [0.05, 0.1) is 19.4 Å². The first-order valence-corrected chi connectivity index (χ1v) is 11.3. The summed E-state index contributed by atoms with van der Waals surface area (Å²) in [7, 11) is 1.38. The molecule has 5 rings (SSSR count). The maximum atomic E-state index is 13.9. The van der Waals surface area contributed by atoms with Crippen molar-refractivity contribution in [2.24, 2.45) is 11.8 Å². The maximum Gasteiger partial charge on any atom is 0.343 e. The fourth-order valence-corrected chi connectivity index (χ4v) is 5.36. The third kappa shape index (κ3) is 3.76. The van der Waals surface area contributed by atoms with E-state index in [0.29, 0.717) is 41.4 Å². The normalized spacial score (nSPS) is 23.9. The highest BCUT2D eigenvalue weighted by atomic mass is 32.2. The fraction of sp³-hybridized carbons (Fsp3) is 0.435. The van der Waals surface area contributed by atoms with Crippen molar-refractivity contribution >= 4 is 23.6 Å². The molecule has 0 aromatic heterocycles. The molecule has 1 saturated heterocycles. The second-order valence-corrected chi connectivity index (χ2v) is 9.18. The Morgan fingerprint density at radius 2 is 2.27 bits per heavy atom. The van der Waals surface area contributed by atoms with Crippen LogP contribution in [0.4, 0.5) is 10.1 Å². The molecule has 3 aliphatic rings. The van der Waals surface area contributed by atoms with Gasteiger partial charge in [-0.15, -0.1) is 0 Å². The van der Waals surface area contributed by atoms with E-state index in [1.165, 1.54) is 25.1 Å². The number of methoxy groups -OCH3 is 1. The summed E-state index contributed by atoms with van der Waals surface area (Å²) in [5.41, 5.74) is 3.17. The Morgan fingerprint density at radius 3 is 3.07 bits per heavy atom. The van der Waals surface area contributed by atoms with Crippen LogP contribution in [0.25, 0.3) is 0 Å². The van der Waals surface area contributed by atoms with Crippen molar-refractivity contribution < 1.29 is 18.7 Å². The zero-order chi connectivity index (χ0) is 20.7. The summed E-state index contributed by atoms with van der Waals surface area (Å²) >= 11 is 1.40. The van der Waals surface area contributed by atoms with Crippen LogP contribution in [0.15, 0.2) is 35.2 Å². The van der Waals surface area contributed by atoms with E-state index in [2.05, 4.69) is 10.0 Å². The Bertz CT molecular complexity index is 977. The Hall–Kier alpha value is -2.25. The van der Waals surface area contributed by atoms with Crippen molar-refractivity contribution in [1.82, 2.24) is 5.32 Å². The van der Waals surface area contributed by atoms with E-state index < -0.39 is 5.97 Å². The number of anilines is 1. The first-order valence-electron chi connectivity index (χ1n) is 10.4. The lowest BCUT2D eigenvalue weighted by atomic mass is 9.98. The molecule has 2 fully saturated rings. The lowest BCUT2D eigenvalue weighted by Crippen LogP contribution is -2.15. The third-order valence-electron chi connectivity index (χ3n) is 6.31. The van der Waals surface area contributed by atoms with Gasteiger partial charge in [0.2, 0.25) is 0 Å². The van der Waals surface area contributed by atoms with Crippen LogP contribution in [0.2, 0.25) is 0 Å². The number of fused-ring (bicyclic) bond motifs is 3. The molecule has 2 heterocycles. The van der Waals surface area contributed by atoms with Gasteiger partial charge in [-0.05, 0) is 91.5 Å². The van der Waals surface area contributed by atoms with E-state index in [-0.39, 0.29) is 5.82 Å². The highest BCUT2D eigenvalue weighted by Crippen LogP contribution is 2.55. The van der Waals surface area contributed by atoms with Gasteiger partial charge in [0, 0.05) is 10.8 Å². The summed E-state index contributed by atoms with van der Waals surface area (Å²) in [4.78, 5) is 13.5. The van der Waals surface area contributed by atoms with Crippen LogP contribution >= 0.6 is 11.9 Å². The molecule has 0 amide bonds. The summed E-state index contributed by atoms with van der Waals surface area (Å²) in [5.74, 6) is 1.58. The van der Waals surface area contributed by atoms with Crippen LogP contribution in [0, 0.1) is 17.7 Å². The number of benzene rings is 2. The van der Waals surface area contributed by atoms with Gasteiger partial charge in [-0.1, -0.05) is 6.07 Å². The Morgan fingerprint density at radius 1 is 1.37 bits per heavy atom. The predicted octanol–water partition coefficient (Wildman–Crippen LogP) is 4.38. The van der Waals surface area contributed by atoms with E-state index >= 15 is 0 Å². The van der Waals surface area contributed by atoms with Gasteiger partial charge in [0.15, 0.2) is 0 Å². The molecule has 2 aliphatic heterocycles. The average molecular weight is 429 g/mol. The van der Waals surface area contributed by atoms with Gasteiger partial charge in [0.25, 0.3) is 0 Å². The highest BCUT2D eigenvalue weighted by Gasteiger charge is 2.45. The molecule has 2 aromatic rings. The van der Waals surface area contributed by atoms with Gasteiger partial charge >= 0.3 is 5.97 Å². The number of carbonyl (C=O) groups excluding carboxylic acids is 1. The summed E-state index contributed by atoms with van der Waals surface area (Å²) in [6, 6.07) is 8.86. The number of rotatable bonds is 6. The number of esters is 1. The number of ether oxygens (including phenoxy) is 2. The van der Waals surface area contributed by atoms with Crippen molar-refractivity contribution in [3.05, 3.63) is 52.8 Å². The van der Waals surface area contributed by atoms with Gasteiger partial charge in [0.1, 0.15) is 17.1 Å². The number of carbonyl (C=O) groups is 1. The first kappa shape index (κ1) is 19.7. The molecular weight excluding hydrogens is 403 g/mol. The standard InChI is InChI=1S/C23H25FN2O3S/c1-28-23(27)21-19(4-3-17-18-10-15(18)12-29-22(17)21)26-30-20-5-2-16(24)9-14(20)8-13-6-7-25-11-13/h2-5,9,13,15,18,25-26H,6-8,10-12H2,1H3/t13-,15?,18?/m1/s1. The van der Waals surface area contributed by atoms with E-state index in [1.807, 2.05) is 12.1 Å². The zero-order valence-corrected chi connectivity index (χ0v) is 17.7. The fourth-order valence-electron chi connectivity index (χ4n) is 4.56. The second kappa shape index (κ2) is 8.12. The summed E-state index contributed by atoms with van der Waals surface area (Å²) in [6.45, 7) is 2.63. The molecule has 2 N–H and O–H groups in total. The molecular formula is C23H25FN2O3S. The highest BCUT2D eigenvalue weighted by molar-refractivity contribution is 8.00. The SMILES string of the molecule is COC(=O)c1c(NSc2ccc(F)cc2C[C@H]2CCNC2)ccc2c1OCC1CC21. The number of hydrogen-bond donors (Lipinski definition) is 2. The van der Waals surface area contributed by atoms with E-state index in [9.17, 15) is 9.18 Å². The monoisotopic (exact) mass is 428 g/mol. The molecule has 1 saturated carbocycles. The maximum absolute atomic E-state index is 13.9. The number of nitrogens with one attached hydrogen (secondary N) is 2. The molecule has 0 radical (unpaired) electrons. The van der Waals surface area contributed by atoms with Crippen LogP contribution < -0.4 is 14.8 Å². The van der Waals surface area contributed by atoms with Crippen molar-refractivity contribution in [2.45, 2.75) is 30.1 Å². The summed E-state index contributed by atoms with van der Waals surface area (Å²) < 4.78 is 28.2. The molecule has 7 heteroatoms. The van der Waals surface area contributed by atoms with Crippen molar-refractivity contribution in [2.75, 3.05) is 31.5 Å². The minimum Gasteiger partial charge on any atom is -0.492 e. The van der Waals surface area contributed by atoms with Gasteiger partial charge < -0.3 is 19.5 Å². The lowest BCUT2D eigenvalue weighted by molar-refractivity contribution is 0.0596. The quantitative estimate of drug-likeness (QED) is 0.526. The van der Waals surface area contributed by atoms with Crippen LogP contribution in [0.5, 0.6) is 5.75 Å². The molecule has 2 aromatic carbocycles. The molecule has 5 nitrogen and oxygen atoms in total. The van der Waals surface area contributed by atoms with E-state index in [0.717, 1.165) is 48.4 Å². The molecule has 30 heavy (non-hydrogen) atoms. The summed E-state index contributed by atoms with van der Waals surface area (Å²) in [6.07, 6.45) is 3.05. The van der Waals surface area contributed by atoms with Gasteiger partial charge in [-0.2, -0.15) is 0 Å². The van der Waals surface area contributed by atoms with Crippen molar-refractivity contribution in [1.29, 1.82) is 0 Å². The molecule has 0 bridgehead atoms. The first-order chi connectivity index (χ1) is 14.6. The molecule has 158 valence electrons. The van der Waals surface area contributed by atoms with Crippen LogP contribution in [-0.4, -0.2) is 32.8 Å². The Kier molecular flexibility index (Phi) is 5.33. The predicted molar refractivity (Wildman–Crippen MR) is 115 cm³/mol. The average Bonchev–Trinajstić information content (AvgIpc) is 3.39. The molecule has 0 spiro atoms. The van der Waals surface area contributed by atoms with Crippen LogP contribution in [0.1, 0.15) is 40.2 Å². The largest absolute Gasteiger partial charge is 0.492 e. The molecule has 1 aliphatic carbocycles. The number of halogens is 1. The van der Waals surface area contributed by atoms with Gasteiger partial charge in [-0.3, -0.25) is 0 Å². The van der Waals surface area contributed by atoms with E-state index in [1.54, 1.807) is 12.1 Å². The van der Waals surface area contributed by atoms with E-state index in [4.69, 9.17) is 9.47 Å².